The van der Waals surface area contributed by atoms with Crippen molar-refractivity contribution in [2.75, 3.05) is 24.6 Å². The van der Waals surface area contributed by atoms with E-state index in [0.717, 1.165) is 65.3 Å². The van der Waals surface area contributed by atoms with Crippen LogP contribution in [0.1, 0.15) is 24.8 Å². The first-order valence-corrected chi connectivity index (χ1v) is 10.5. The molecular formula is C22H23FN2O2S. The van der Waals surface area contributed by atoms with Gasteiger partial charge in [0.15, 0.2) is 5.13 Å². The fourth-order valence-corrected chi connectivity index (χ4v) is 4.68. The van der Waals surface area contributed by atoms with Crippen molar-refractivity contribution in [1.29, 1.82) is 0 Å². The molecule has 0 amide bonds. The van der Waals surface area contributed by atoms with Gasteiger partial charge in [-0.05, 0) is 61.1 Å². The van der Waals surface area contributed by atoms with E-state index in [2.05, 4.69) is 9.88 Å². The molecule has 2 heterocycles. The Kier molecular flexibility index (Phi) is 5.86. The van der Waals surface area contributed by atoms with Crippen molar-refractivity contribution in [3.8, 4) is 5.75 Å². The van der Waals surface area contributed by atoms with E-state index < -0.39 is 0 Å². The van der Waals surface area contributed by atoms with Crippen molar-refractivity contribution in [2.24, 2.45) is 5.92 Å². The zero-order chi connectivity index (χ0) is 19.3. The maximum absolute atomic E-state index is 13.4. The Bertz CT molecular complexity index is 951. The summed E-state index contributed by atoms with van der Waals surface area (Å²) < 4.78 is 20.2. The van der Waals surface area contributed by atoms with Gasteiger partial charge in [-0.3, -0.25) is 0 Å². The Hall–Kier alpha value is -2.47. The fraction of sp³-hybridized carbons (Fsp3) is 0.364. The molecule has 6 heteroatoms. The Morgan fingerprint density at radius 2 is 2.07 bits per heavy atom. The molecule has 0 saturated carbocycles. The molecule has 146 valence electrons. The van der Waals surface area contributed by atoms with E-state index in [-0.39, 0.29) is 5.82 Å². The van der Waals surface area contributed by atoms with Crippen LogP contribution in [-0.4, -0.2) is 31.0 Å². The summed E-state index contributed by atoms with van der Waals surface area (Å²) in [6, 6.07) is 12.5. The average molecular weight is 399 g/mol. The van der Waals surface area contributed by atoms with Crippen LogP contribution in [0.15, 0.2) is 42.5 Å². The van der Waals surface area contributed by atoms with E-state index in [1.165, 1.54) is 6.07 Å². The highest BCUT2D eigenvalue weighted by molar-refractivity contribution is 7.22. The molecule has 3 aromatic rings. The number of anilines is 1. The highest BCUT2D eigenvalue weighted by Gasteiger charge is 2.21. The lowest BCUT2D eigenvalue weighted by Gasteiger charge is -2.31. The smallest absolute Gasteiger partial charge is 0.186 e. The summed E-state index contributed by atoms with van der Waals surface area (Å²) in [6.07, 6.45) is 4.58. The minimum absolute atomic E-state index is 0.210. The summed E-state index contributed by atoms with van der Waals surface area (Å²) in [5.41, 5.74) is 1.85. The van der Waals surface area contributed by atoms with Crippen LogP contribution in [-0.2, 0) is 11.2 Å². The minimum Gasteiger partial charge on any atom is -0.494 e. The number of carbonyl (C=O) groups excluding carboxylic acids is 1. The van der Waals surface area contributed by atoms with Crippen LogP contribution in [0.25, 0.3) is 10.2 Å². The topological polar surface area (TPSA) is 42.4 Å². The monoisotopic (exact) mass is 398 g/mol. The molecule has 4 nitrogen and oxygen atoms in total. The van der Waals surface area contributed by atoms with Gasteiger partial charge < -0.3 is 14.4 Å². The van der Waals surface area contributed by atoms with Crippen molar-refractivity contribution >= 4 is 33.0 Å². The maximum atomic E-state index is 13.4. The third-order valence-electron chi connectivity index (χ3n) is 5.24. The first-order chi connectivity index (χ1) is 13.7. The van der Waals surface area contributed by atoms with Crippen LogP contribution in [0.3, 0.4) is 0 Å². The standard InChI is InChI=1S/C22H23FN2O2S/c23-18-4-5-20-21(15-18)28-22(24-20)25-10-6-16(7-11-25)9-13-27-19-3-1-2-17(14-19)8-12-26/h1-5,12,14-16H,6-11,13H2. The Morgan fingerprint density at radius 3 is 2.89 bits per heavy atom. The number of benzene rings is 2. The molecule has 1 aliphatic heterocycles. The molecule has 1 aliphatic rings. The summed E-state index contributed by atoms with van der Waals surface area (Å²) >= 11 is 1.56. The molecule has 0 N–H and O–H groups in total. The van der Waals surface area contributed by atoms with Gasteiger partial charge in [0, 0.05) is 19.5 Å². The number of carbonyl (C=O) groups is 1. The van der Waals surface area contributed by atoms with Gasteiger partial charge in [-0.25, -0.2) is 9.37 Å². The summed E-state index contributed by atoms with van der Waals surface area (Å²) in [5, 5.41) is 0.988. The fourth-order valence-electron chi connectivity index (χ4n) is 3.64. The Balaban J connectivity index is 1.26. The highest BCUT2D eigenvalue weighted by atomic mass is 32.1. The SMILES string of the molecule is O=CCc1cccc(OCCC2CCN(c3nc4ccc(F)cc4s3)CC2)c1. The molecule has 4 rings (SSSR count). The number of hydrogen-bond acceptors (Lipinski definition) is 5. The number of rotatable bonds is 7. The van der Waals surface area contributed by atoms with E-state index in [9.17, 15) is 9.18 Å². The van der Waals surface area contributed by atoms with E-state index in [1.54, 1.807) is 23.5 Å². The van der Waals surface area contributed by atoms with Crippen LogP contribution in [0.2, 0.25) is 0 Å². The molecular weight excluding hydrogens is 375 g/mol. The van der Waals surface area contributed by atoms with Crippen molar-refractivity contribution in [1.82, 2.24) is 4.98 Å². The first kappa shape index (κ1) is 18.9. The van der Waals surface area contributed by atoms with Gasteiger partial charge in [0.1, 0.15) is 17.9 Å². The first-order valence-electron chi connectivity index (χ1n) is 9.67. The molecule has 1 saturated heterocycles. The Labute approximate surface area is 168 Å². The predicted octanol–water partition coefficient (Wildman–Crippen LogP) is 4.86. The van der Waals surface area contributed by atoms with Crippen molar-refractivity contribution < 1.29 is 13.9 Å². The summed E-state index contributed by atoms with van der Waals surface area (Å²) in [4.78, 5) is 17.6. The number of fused-ring (bicyclic) bond motifs is 1. The number of hydrogen-bond donors (Lipinski definition) is 0. The van der Waals surface area contributed by atoms with E-state index in [4.69, 9.17) is 4.74 Å². The zero-order valence-electron chi connectivity index (χ0n) is 15.6. The van der Waals surface area contributed by atoms with E-state index in [1.807, 2.05) is 24.3 Å². The third-order valence-corrected chi connectivity index (χ3v) is 6.32. The van der Waals surface area contributed by atoms with Gasteiger partial charge >= 0.3 is 0 Å². The lowest BCUT2D eigenvalue weighted by molar-refractivity contribution is -0.107. The van der Waals surface area contributed by atoms with Crippen molar-refractivity contribution in [3.63, 3.8) is 0 Å². The summed E-state index contributed by atoms with van der Waals surface area (Å²) in [5.74, 6) is 1.26. The van der Waals surface area contributed by atoms with Gasteiger partial charge in [-0.2, -0.15) is 0 Å². The molecule has 0 bridgehead atoms. The van der Waals surface area contributed by atoms with Crippen LogP contribution in [0.4, 0.5) is 9.52 Å². The van der Waals surface area contributed by atoms with Crippen molar-refractivity contribution in [2.45, 2.75) is 25.7 Å². The van der Waals surface area contributed by atoms with Crippen LogP contribution in [0.5, 0.6) is 5.75 Å². The van der Waals surface area contributed by atoms with Gasteiger partial charge in [0.05, 0.1) is 16.8 Å². The van der Waals surface area contributed by atoms with Gasteiger partial charge in [-0.15, -0.1) is 0 Å². The number of nitrogens with zero attached hydrogens (tertiary/aromatic N) is 2. The van der Waals surface area contributed by atoms with Crippen LogP contribution in [0, 0.1) is 11.7 Å². The highest BCUT2D eigenvalue weighted by Crippen LogP contribution is 2.32. The normalized spacial score (nSPS) is 15.1. The van der Waals surface area contributed by atoms with Gasteiger partial charge in [0.25, 0.3) is 0 Å². The average Bonchev–Trinajstić information content (AvgIpc) is 3.12. The number of aromatic nitrogens is 1. The largest absolute Gasteiger partial charge is 0.494 e. The quantitative estimate of drug-likeness (QED) is 0.533. The molecule has 28 heavy (non-hydrogen) atoms. The second-order valence-electron chi connectivity index (χ2n) is 7.19. The molecule has 1 fully saturated rings. The number of halogens is 1. The van der Waals surface area contributed by atoms with Gasteiger partial charge in [-0.1, -0.05) is 23.5 Å². The van der Waals surface area contributed by atoms with Crippen molar-refractivity contribution in [3.05, 3.63) is 53.8 Å². The van der Waals surface area contributed by atoms with E-state index >= 15 is 0 Å². The summed E-state index contributed by atoms with van der Waals surface area (Å²) in [6.45, 7) is 2.64. The maximum Gasteiger partial charge on any atom is 0.186 e. The lowest BCUT2D eigenvalue weighted by Crippen LogP contribution is -2.34. The molecule has 0 radical (unpaired) electrons. The summed E-state index contributed by atoms with van der Waals surface area (Å²) in [7, 11) is 0. The lowest BCUT2D eigenvalue weighted by atomic mass is 9.94. The number of piperidine rings is 1. The molecule has 2 aromatic carbocycles. The van der Waals surface area contributed by atoms with Crippen LogP contribution < -0.4 is 9.64 Å². The number of aldehydes is 1. The van der Waals surface area contributed by atoms with Gasteiger partial charge in [0.2, 0.25) is 0 Å². The molecule has 1 aromatic heterocycles. The molecule has 0 aliphatic carbocycles. The second kappa shape index (κ2) is 8.69. The second-order valence-corrected chi connectivity index (χ2v) is 8.20. The van der Waals surface area contributed by atoms with Crippen LogP contribution >= 0.6 is 11.3 Å². The van der Waals surface area contributed by atoms with E-state index in [0.29, 0.717) is 18.9 Å². The third kappa shape index (κ3) is 4.50. The Morgan fingerprint density at radius 1 is 1.21 bits per heavy atom. The number of ether oxygens (including phenoxy) is 1. The number of thiazole rings is 1. The zero-order valence-corrected chi connectivity index (χ0v) is 16.5. The predicted molar refractivity (Wildman–Crippen MR) is 111 cm³/mol. The minimum atomic E-state index is -0.210. The molecule has 0 spiro atoms. The molecule has 0 unspecified atom stereocenters. The molecule has 0 atom stereocenters.